The van der Waals surface area contributed by atoms with Gasteiger partial charge in [-0.25, -0.2) is 14.6 Å². The van der Waals surface area contributed by atoms with Crippen molar-refractivity contribution in [2.45, 2.75) is 33.0 Å². The Hall–Kier alpha value is -2.71. The summed E-state index contributed by atoms with van der Waals surface area (Å²) in [6.07, 6.45) is -2.18. The lowest BCUT2D eigenvalue weighted by Crippen LogP contribution is -2.14. The first kappa shape index (κ1) is 16.2. The highest BCUT2D eigenvalue weighted by molar-refractivity contribution is 5.50. The van der Waals surface area contributed by atoms with Crippen molar-refractivity contribution < 1.29 is 17.6 Å². The lowest BCUT2D eigenvalue weighted by atomic mass is 10.3. The second-order valence-corrected chi connectivity index (χ2v) is 5.23. The van der Waals surface area contributed by atoms with Crippen LogP contribution in [0.3, 0.4) is 0 Å². The van der Waals surface area contributed by atoms with E-state index >= 15 is 0 Å². The molecule has 0 amide bonds. The molecule has 24 heavy (non-hydrogen) atoms. The summed E-state index contributed by atoms with van der Waals surface area (Å²) in [5.74, 6) is 1.39. The minimum Gasteiger partial charge on any atom is -0.459 e. The quantitative estimate of drug-likeness (QED) is 0.731. The number of alkyl halides is 3. The smallest absolute Gasteiger partial charge is 0.433 e. The Labute approximate surface area is 135 Å². The summed E-state index contributed by atoms with van der Waals surface area (Å²) in [5.41, 5.74) is -0.228. The molecule has 0 bridgehead atoms. The molecule has 3 aromatic rings. The molecule has 3 rings (SSSR count). The van der Waals surface area contributed by atoms with Gasteiger partial charge in [0.15, 0.2) is 11.6 Å². The maximum absolute atomic E-state index is 12.8. The van der Waals surface area contributed by atoms with Gasteiger partial charge in [-0.1, -0.05) is 12.1 Å². The number of hydrogen-bond acceptors (Lipinski definition) is 5. The summed E-state index contributed by atoms with van der Waals surface area (Å²) in [4.78, 5) is 7.57. The van der Waals surface area contributed by atoms with Crippen LogP contribution in [0.25, 0.3) is 11.5 Å². The van der Waals surface area contributed by atoms with E-state index < -0.39 is 11.9 Å². The number of rotatable bonds is 4. The third-order valence-corrected chi connectivity index (χ3v) is 3.30. The molecule has 0 saturated heterocycles. The highest BCUT2D eigenvalue weighted by Gasteiger charge is 2.33. The van der Waals surface area contributed by atoms with E-state index in [2.05, 4.69) is 20.3 Å². The van der Waals surface area contributed by atoms with Gasteiger partial charge in [0.1, 0.15) is 23.7 Å². The van der Waals surface area contributed by atoms with Gasteiger partial charge in [-0.15, -0.1) is 5.10 Å². The highest BCUT2D eigenvalue weighted by atomic mass is 19.4. The van der Waals surface area contributed by atoms with Gasteiger partial charge in [0.25, 0.3) is 0 Å². The monoisotopic (exact) mass is 337 g/mol. The van der Waals surface area contributed by atoms with Crippen LogP contribution in [-0.2, 0) is 19.1 Å². The van der Waals surface area contributed by atoms with E-state index in [1.54, 1.807) is 12.3 Å². The van der Waals surface area contributed by atoms with Crippen molar-refractivity contribution in [2.24, 2.45) is 0 Å². The van der Waals surface area contributed by atoms with Gasteiger partial charge >= 0.3 is 6.18 Å². The van der Waals surface area contributed by atoms with Gasteiger partial charge in [0.2, 0.25) is 0 Å². The highest BCUT2D eigenvalue weighted by Crippen LogP contribution is 2.28. The number of aryl methyl sites for hydroxylation is 2. The van der Waals surface area contributed by atoms with Gasteiger partial charge in [-0.05, 0) is 25.1 Å². The molecule has 9 heteroatoms. The molecule has 0 aliphatic heterocycles. The molecule has 0 atom stereocenters. The zero-order valence-electron chi connectivity index (χ0n) is 13.0. The van der Waals surface area contributed by atoms with Crippen molar-refractivity contribution in [3.05, 3.63) is 47.4 Å². The summed E-state index contributed by atoms with van der Waals surface area (Å²) in [6.45, 7) is 3.44. The topological polar surface area (TPSA) is 69.6 Å². The van der Waals surface area contributed by atoms with Crippen LogP contribution in [-0.4, -0.2) is 25.0 Å². The number of furan rings is 1. The number of nitrogens with zero attached hydrogens (tertiary/aromatic N) is 5. The van der Waals surface area contributed by atoms with E-state index in [0.29, 0.717) is 11.5 Å². The van der Waals surface area contributed by atoms with Crippen molar-refractivity contribution in [3.63, 3.8) is 0 Å². The summed E-state index contributed by atoms with van der Waals surface area (Å²) >= 11 is 0. The predicted octanol–water partition coefficient (Wildman–Crippen LogP) is 3.27. The van der Waals surface area contributed by atoms with Crippen LogP contribution in [0.4, 0.5) is 13.2 Å². The van der Waals surface area contributed by atoms with Crippen LogP contribution < -0.4 is 0 Å². The zero-order chi connectivity index (χ0) is 17.3. The largest absolute Gasteiger partial charge is 0.459 e. The maximum Gasteiger partial charge on any atom is 0.433 e. The fourth-order valence-electron chi connectivity index (χ4n) is 2.19. The Bertz CT molecular complexity index is 853. The van der Waals surface area contributed by atoms with Gasteiger partial charge in [-0.3, -0.25) is 0 Å². The zero-order valence-corrected chi connectivity index (χ0v) is 13.0. The normalized spacial score (nSPS) is 11.9. The SMILES string of the molecule is CCc1ccc(-c2cn(Cc3nc(C)cc(C(F)(F)F)n3)nn2)o1. The molecule has 0 N–H and O–H groups in total. The van der Waals surface area contributed by atoms with Crippen LogP contribution >= 0.6 is 0 Å². The van der Waals surface area contributed by atoms with Gasteiger partial charge < -0.3 is 4.42 Å². The van der Waals surface area contributed by atoms with E-state index in [1.807, 2.05) is 13.0 Å². The van der Waals surface area contributed by atoms with E-state index in [0.717, 1.165) is 18.2 Å². The van der Waals surface area contributed by atoms with Crippen LogP contribution in [0.1, 0.15) is 29.9 Å². The van der Waals surface area contributed by atoms with Gasteiger partial charge in [0.05, 0.1) is 6.20 Å². The van der Waals surface area contributed by atoms with Crippen LogP contribution in [0, 0.1) is 6.92 Å². The standard InChI is InChI=1S/C15H14F3N5O/c1-3-10-4-5-12(24-10)11-7-23(22-21-11)8-14-19-9(2)6-13(20-14)15(16,17)18/h4-7H,3,8H2,1-2H3. The average molecular weight is 337 g/mol. The lowest BCUT2D eigenvalue weighted by Gasteiger charge is -2.08. The van der Waals surface area contributed by atoms with E-state index in [-0.39, 0.29) is 18.1 Å². The molecule has 6 nitrogen and oxygen atoms in total. The van der Waals surface area contributed by atoms with Crippen molar-refractivity contribution in [1.29, 1.82) is 0 Å². The number of aromatic nitrogens is 5. The van der Waals surface area contributed by atoms with E-state index in [4.69, 9.17) is 4.42 Å². The first-order valence-electron chi connectivity index (χ1n) is 7.26. The second-order valence-electron chi connectivity index (χ2n) is 5.23. The number of halogens is 3. The summed E-state index contributed by atoms with van der Waals surface area (Å²) in [5, 5.41) is 7.86. The van der Waals surface area contributed by atoms with Crippen molar-refractivity contribution in [2.75, 3.05) is 0 Å². The Morgan fingerprint density at radius 1 is 1.21 bits per heavy atom. The molecule has 0 unspecified atom stereocenters. The second kappa shape index (κ2) is 6.06. The molecule has 0 aliphatic rings. The molecule has 126 valence electrons. The molecular formula is C15H14F3N5O. The van der Waals surface area contributed by atoms with Crippen LogP contribution in [0.15, 0.2) is 28.8 Å². The van der Waals surface area contributed by atoms with Crippen molar-refractivity contribution in [3.8, 4) is 11.5 Å². The van der Waals surface area contributed by atoms with Gasteiger partial charge in [-0.2, -0.15) is 13.2 Å². The molecule has 3 heterocycles. The van der Waals surface area contributed by atoms with E-state index in [9.17, 15) is 13.2 Å². The fourth-order valence-corrected chi connectivity index (χ4v) is 2.19. The summed E-state index contributed by atoms with van der Waals surface area (Å²) in [7, 11) is 0. The molecule has 0 aromatic carbocycles. The minimum absolute atomic E-state index is 0.0148. The Balaban J connectivity index is 1.83. The molecule has 3 aromatic heterocycles. The molecule has 0 saturated carbocycles. The molecule has 0 radical (unpaired) electrons. The third-order valence-electron chi connectivity index (χ3n) is 3.30. The van der Waals surface area contributed by atoms with Gasteiger partial charge in [0, 0.05) is 12.1 Å². The van der Waals surface area contributed by atoms with Crippen LogP contribution in [0.2, 0.25) is 0 Å². The average Bonchev–Trinajstić information content (AvgIpc) is 3.14. The lowest BCUT2D eigenvalue weighted by molar-refractivity contribution is -0.141. The van der Waals surface area contributed by atoms with Crippen LogP contribution in [0.5, 0.6) is 0 Å². The summed E-state index contributed by atoms with van der Waals surface area (Å²) < 4.78 is 45.4. The summed E-state index contributed by atoms with van der Waals surface area (Å²) in [6, 6.07) is 4.52. The fraction of sp³-hybridized carbons (Fsp3) is 0.333. The Kier molecular flexibility index (Phi) is 4.08. The predicted molar refractivity (Wildman–Crippen MR) is 78.0 cm³/mol. The van der Waals surface area contributed by atoms with Crippen molar-refractivity contribution in [1.82, 2.24) is 25.0 Å². The molecule has 0 spiro atoms. The first-order chi connectivity index (χ1) is 11.3. The molecule has 0 fully saturated rings. The Morgan fingerprint density at radius 2 is 2.00 bits per heavy atom. The van der Waals surface area contributed by atoms with Crippen molar-refractivity contribution >= 4 is 0 Å². The molecule has 0 aliphatic carbocycles. The third kappa shape index (κ3) is 3.44. The minimum atomic E-state index is -4.51. The molecular weight excluding hydrogens is 323 g/mol. The first-order valence-corrected chi connectivity index (χ1v) is 7.26. The number of hydrogen-bond donors (Lipinski definition) is 0. The van der Waals surface area contributed by atoms with E-state index in [1.165, 1.54) is 11.6 Å². The Morgan fingerprint density at radius 3 is 2.67 bits per heavy atom. The maximum atomic E-state index is 12.8.